The Balaban J connectivity index is 2.25. The molecule has 21 heavy (non-hydrogen) atoms. The van der Waals surface area contributed by atoms with E-state index in [1.807, 2.05) is 18.5 Å². The van der Waals surface area contributed by atoms with Crippen LogP contribution in [0.1, 0.15) is 22.8 Å². The van der Waals surface area contributed by atoms with Crippen LogP contribution in [-0.4, -0.2) is 23.2 Å². The van der Waals surface area contributed by atoms with Crippen molar-refractivity contribution in [2.75, 3.05) is 0 Å². The lowest BCUT2D eigenvalue weighted by Gasteiger charge is -2.11. The zero-order chi connectivity index (χ0) is 15.8. The topological polar surface area (TPSA) is 74.1 Å². The Kier molecular flexibility index (Phi) is 4.25. The van der Waals surface area contributed by atoms with Crippen LogP contribution in [0.3, 0.4) is 0 Å². The fourth-order valence-corrected chi connectivity index (χ4v) is 3.72. The highest BCUT2D eigenvalue weighted by Crippen LogP contribution is 2.28. The van der Waals surface area contributed by atoms with Gasteiger partial charge in [0, 0.05) is 17.7 Å². The fraction of sp³-hybridized carbons (Fsp3) is 0.385. The van der Waals surface area contributed by atoms with E-state index in [-0.39, 0.29) is 11.5 Å². The first-order valence-corrected chi connectivity index (χ1v) is 8.54. The van der Waals surface area contributed by atoms with Gasteiger partial charge in [-0.3, -0.25) is 0 Å². The average Bonchev–Trinajstić information content (AvgIpc) is 2.65. The largest absolute Gasteiger partial charge is 0.486 e. The Morgan fingerprint density at radius 1 is 1.19 bits per heavy atom. The molecule has 0 N–H and O–H groups in total. The number of ether oxygens (including phenoxy) is 1. The molecule has 0 bridgehead atoms. The minimum atomic E-state index is -3.76. The monoisotopic (exact) mass is 329 g/mol. The average molecular weight is 330 g/mol. The van der Waals surface area contributed by atoms with Crippen LogP contribution in [0.15, 0.2) is 17.0 Å². The van der Waals surface area contributed by atoms with Crippen LogP contribution in [0.2, 0.25) is 0 Å². The van der Waals surface area contributed by atoms with Gasteiger partial charge in [0.2, 0.25) is 0 Å². The number of benzene rings is 1. The second kappa shape index (κ2) is 5.65. The van der Waals surface area contributed by atoms with E-state index in [1.165, 1.54) is 0 Å². The summed E-state index contributed by atoms with van der Waals surface area (Å²) in [4.78, 5) is 0.131. The van der Waals surface area contributed by atoms with Crippen LogP contribution < -0.4 is 4.74 Å². The molecule has 0 spiro atoms. The number of hydrogen-bond donors (Lipinski definition) is 0. The van der Waals surface area contributed by atoms with Crippen LogP contribution in [0.5, 0.6) is 5.75 Å². The molecule has 0 unspecified atom stereocenters. The molecule has 6 nitrogen and oxygen atoms in total. The maximum atomic E-state index is 11.5. The summed E-state index contributed by atoms with van der Waals surface area (Å²) >= 11 is 0. The van der Waals surface area contributed by atoms with Crippen molar-refractivity contribution in [2.24, 2.45) is 7.05 Å². The molecule has 1 heterocycles. The molecule has 0 aliphatic heterocycles. The Bertz CT molecular complexity index is 761. The molecular weight excluding hydrogens is 314 g/mol. The van der Waals surface area contributed by atoms with Crippen LogP contribution in [0, 0.1) is 20.8 Å². The van der Waals surface area contributed by atoms with Crippen LogP contribution >= 0.6 is 10.7 Å². The third kappa shape index (κ3) is 3.36. The van der Waals surface area contributed by atoms with Crippen molar-refractivity contribution in [3.8, 4) is 5.75 Å². The summed E-state index contributed by atoms with van der Waals surface area (Å²) in [7, 11) is 3.52. The number of rotatable bonds is 4. The molecule has 2 rings (SSSR count). The Labute approximate surface area is 128 Å². The minimum Gasteiger partial charge on any atom is -0.486 e. The van der Waals surface area contributed by atoms with Crippen LogP contribution in [0.4, 0.5) is 0 Å². The highest BCUT2D eigenvalue weighted by Gasteiger charge is 2.18. The summed E-state index contributed by atoms with van der Waals surface area (Å²) < 4.78 is 30.5. The highest BCUT2D eigenvalue weighted by atomic mass is 35.7. The van der Waals surface area contributed by atoms with Gasteiger partial charge in [0.05, 0.1) is 4.90 Å². The lowest BCUT2D eigenvalue weighted by atomic mass is 10.1. The summed E-state index contributed by atoms with van der Waals surface area (Å²) in [6, 6.07) is 3.29. The van der Waals surface area contributed by atoms with Gasteiger partial charge in [-0.25, -0.2) is 8.42 Å². The Hall–Kier alpha value is -1.60. The summed E-state index contributed by atoms with van der Waals surface area (Å²) in [6.45, 7) is 5.47. The first kappa shape index (κ1) is 15.8. The van der Waals surface area contributed by atoms with E-state index in [2.05, 4.69) is 10.2 Å². The Morgan fingerprint density at radius 2 is 1.76 bits per heavy atom. The summed E-state index contributed by atoms with van der Waals surface area (Å²) in [5.41, 5.74) is 1.10. The highest BCUT2D eigenvalue weighted by molar-refractivity contribution is 8.13. The van der Waals surface area contributed by atoms with Gasteiger partial charge in [-0.1, -0.05) is 0 Å². The molecule has 0 amide bonds. The third-order valence-corrected chi connectivity index (χ3v) is 4.82. The van der Waals surface area contributed by atoms with Crippen molar-refractivity contribution in [1.29, 1.82) is 0 Å². The lowest BCUT2D eigenvalue weighted by Crippen LogP contribution is -2.05. The van der Waals surface area contributed by atoms with E-state index in [0.29, 0.717) is 22.7 Å². The number of aromatic nitrogens is 3. The maximum Gasteiger partial charge on any atom is 0.261 e. The zero-order valence-corrected chi connectivity index (χ0v) is 13.8. The van der Waals surface area contributed by atoms with E-state index in [0.717, 1.165) is 5.82 Å². The molecule has 0 aliphatic carbocycles. The number of hydrogen-bond acceptors (Lipinski definition) is 5. The van der Waals surface area contributed by atoms with Gasteiger partial charge in [-0.15, -0.1) is 10.2 Å². The molecule has 0 radical (unpaired) electrons. The van der Waals surface area contributed by atoms with Crippen LogP contribution in [-0.2, 0) is 22.7 Å². The lowest BCUT2D eigenvalue weighted by molar-refractivity contribution is 0.290. The molecule has 8 heteroatoms. The van der Waals surface area contributed by atoms with Gasteiger partial charge in [0.15, 0.2) is 5.82 Å². The standard InChI is InChI=1S/C13H16ClN3O3S/c1-8-5-11(6-9(2)13(8)21(14,18)19)20-7-12-16-15-10(3)17(12)4/h5-6H,7H2,1-4H3. The Morgan fingerprint density at radius 3 is 2.19 bits per heavy atom. The van der Waals surface area contributed by atoms with E-state index in [4.69, 9.17) is 15.4 Å². The van der Waals surface area contributed by atoms with Gasteiger partial charge in [-0.05, 0) is 44.0 Å². The quantitative estimate of drug-likeness (QED) is 0.804. The molecule has 1 aromatic carbocycles. The van der Waals surface area contributed by atoms with Gasteiger partial charge in [0.1, 0.15) is 18.2 Å². The first-order chi connectivity index (χ1) is 9.70. The van der Waals surface area contributed by atoms with E-state index in [1.54, 1.807) is 26.0 Å². The zero-order valence-electron chi connectivity index (χ0n) is 12.2. The van der Waals surface area contributed by atoms with Crippen molar-refractivity contribution < 1.29 is 13.2 Å². The van der Waals surface area contributed by atoms with Crippen LogP contribution in [0.25, 0.3) is 0 Å². The first-order valence-electron chi connectivity index (χ1n) is 6.23. The fourth-order valence-electron chi connectivity index (χ4n) is 2.10. The number of nitrogens with zero attached hydrogens (tertiary/aromatic N) is 3. The maximum absolute atomic E-state index is 11.5. The van der Waals surface area contributed by atoms with Crippen molar-refractivity contribution in [2.45, 2.75) is 32.3 Å². The van der Waals surface area contributed by atoms with Crippen molar-refractivity contribution in [3.63, 3.8) is 0 Å². The molecule has 0 saturated carbocycles. The minimum absolute atomic E-state index is 0.131. The third-order valence-electron chi connectivity index (χ3n) is 3.23. The van der Waals surface area contributed by atoms with E-state index in [9.17, 15) is 8.42 Å². The second-order valence-electron chi connectivity index (χ2n) is 4.84. The normalized spacial score (nSPS) is 11.7. The molecule has 0 atom stereocenters. The van der Waals surface area contributed by atoms with E-state index >= 15 is 0 Å². The number of aryl methyl sites for hydroxylation is 3. The van der Waals surface area contributed by atoms with Gasteiger partial charge >= 0.3 is 0 Å². The van der Waals surface area contributed by atoms with Gasteiger partial charge in [-0.2, -0.15) is 0 Å². The molecule has 2 aromatic rings. The van der Waals surface area contributed by atoms with Crippen molar-refractivity contribution in [1.82, 2.24) is 14.8 Å². The molecule has 0 fully saturated rings. The van der Waals surface area contributed by atoms with Gasteiger partial charge in [0.25, 0.3) is 9.05 Å². The van der Waals surface area contributed by atoms with E-state index < -0.39 is 9.05 Å². The number of halogens is 1. The molecule has 114 valence electrons. The summed E-state index contributed by atoms with van der Waals surface area (Å²) in [6.07, 6.45) is 0. The molecular formula is C13H16ClN3O3S. The van der Waals surface area contributed by atoms with Gasteiger partial charge < -0.3 is 9.30 Å². The smallest absolute Gasteiger partial charge is 0.261 e. The molecule has 0 aliphatic rings. The second-order valence-corrected chi connectivity index (χ2v) is 7.34. The predicted molar refractivity (Wildman–Crippen MR) is 79.0 cm³/mol. The molecule has 1 aromatic heterocycles. The van der Waals surface area contributed by atoms with Crippen molar-refractivity contribution >= 4 is 19.7 Å². The summed E-state index contributed by atoms with van der Waals surface area (Å²) in [5.74, 6) is 2.05. The summed E-state index contributed by atoms with van der Waals surface area (Å²) in [5, 5.41) is 7.95. The SMILES string of the molecule is Cc1cc(OCc2nnc(C)n2C)cc(C)c1S(=O)(=O)Cl. The predicted octanol–water partition coefficient (Wildman–Crippen LogP) is 2.25. The molecule has 0 saturated heterocycles. The van der Waals surface area contributed by atoms with Crippen molar-refractivity contribution in [3.05, 3.63) is 34.9 Å².